The number of piperidine rings is 1. The van der Waals surface area contributed by atoms with E-state index in [2.05, 4.69) is 17.6 Å². The summed E-state index contributed by atoms with van der Waals surface area (Å²) < 4.78 is 0. The highest BCUT2D eigenvalue weighted by molar-refractivity contribution is 5.75. The molecule has 0 aromatic rings. The maximum atomic E-state index is 11.8. The van der Waals surface area contributed by atoms with Gasteiger partial charge in [0.05, 0.1) is 0 Å². The van der Waals surface area contributed by atoms with E-state index >= 15 is 0 Å². The number of hydrogen-bond acceptors (Lipinski definition) is 2. The molecule has 1 heterocycles. The summed E-state index contributed by atoms with van der Waals surface area (Å²) in [6.07, 6.45) is 14.9. The van der Waals surface area contributed by atoms with Gasteiger partial charge in [-0.25, -0.2) is 0 Å². The molecule has 1 aliphatic rings. The summed E-state index contributed by atoms with van der Waals surface area (Å²) in [5, 5.41) is 6.47. The lowest BCUT2D eigenvalue weighted by Gasteiger charge is -2.22. The van der Waals surface area contributed by atoms with E-state index in [0.29, 0.717) is 5.92 Å². The van der Waals surface area contributed by atoms with Crippen LogP contribution < -0.4 is 10.6 Å². The maximum absolute atomic E-state index is 11.8. The number of carbonyl (C=O) groups excluding carboxylic acids is 1. The van der Waals surface area contributed by atoms with Crippen molar-refractivity contribution in [1.29, 1.82) is 0 Å². The maximum Gasteiger partial charge on any atom is 0.220 e. The summed E-state index contributed by atoms with van der Waals surface area (Å²) in [5.74, 6) is 0.954. The highest BCUT2D eigenvalue weighted by Crippen LogP contribution is 2.11. The Hall–Kier alpha value is -0.570. The Labute approximate surface area is 131 Å². The molecule has 3 heteroatoms. The van der Waals surface area contributed by atoms with Crippen molar-refractivity contribution in [3.8, 4) is 0 Å². The van der Waals surface area contributed by atoms with Crippen LogP contribution in [0.5, 0.6) is 0 Å². The Morgan fingerprint density at radius 3 is 2.14 bits per heavy atom. The number of rotatable bonds is 12. The molecule has 0 spiro atoms. The average molecular weight is 296 g/mol. The van der Waals surface area contributed by atoms with E-state index in [1.807, 2.05) is 0 Å². The van der Waals surface area contributed by atoms with Crippen LogP contribution >= 0.6 is 0 Å². The van der Waals surface area contributed by atoms with Crippen molar-refractivity contribution in [3.05, 3.63) is 0 Å². The molecule has 21 heavy (non-hydrogen) atoms. The first-order chi connectivity index (χ1) is 10.3. The van der Waals surface area contributed by atoms with E-state index in [1.165, 1.54) is 64.2 Å². The fourth-order valence-corrected chi connectivity index (χ4v) is 3.03. The standard InChI is InChI=1S/C18H36N2O/c1-2-3-4-5-6-7-8-9-10-11-18(21)20-16-17-12-14-19-15-13-17/h17,19H,2-16H2,1H3,(H,20,21). The third kappa shape index (κ3) is 10.8. The molecule has 1 rings (SSSR count). The molecule has 1 saturated heterocycles. The smallest absolute Gasteiger partial charge is 0.220 e. The quantitative estimate of drug-likeness (QED) is 0.534. The van der Waals surface area contributed by atoms with Gasteiger partial charge in [-0.2, -0.15) is 0 Å². The number of hydrogen-bond donors (Lipinski definition) is 2. The van der Waals surface area contributed by atoms with Crippen LogP contribution in [0.2, 0.25) is 0 Å². The molecule has 0 saturated carbocycles. The summed E-state index contributed by atoms with van der Waals surface area (Å²) in [6, 6.07) is 0. The molecule has 2 N–H and O–H groups in total. The zero-order valence-corrected chi connectivity index (χ0v) is 14.1. The summed E-state index contributed by atoms with van der Waals surface area (Å²) in [5.41, 5.74) is 0. The summed E-state index contributed by atoms with van der Waals surface area (Å²) in [4.78, 5) is 11.8. The number of unbranched alkanes of at least 4 members (excludes halogenated alkanes) is 8. The lowest BCUT2D eigenvalue weighted by Crippen LogP contribution is -2.35. The van der Waals surface area contributed by atoms with Crippen molar-refractivity contribution >= 4 is 5.91 Å². The van der Waals surface area contributed by atoms with Crippen molar-refractivity contribution in [2.24, 2.45) is 5.92 Å². The zero-order chi connectivity index (χ0) is 15.2. The molecular weight excluding hydrogens is 260 g/mol. The van der Waals surface area contributed by atoms with Crippen molar-refractivity contribution in [2.75, 3.05) is 19.6 Å². The van der Waals surface area contributed by atoms with E-state index in [4.69, 9.17) is 0 Å². The molecule has 1 fully saturated rings. The molecule has 0 aromatic carbocycles. The minimum atomic E-state index is 0.261. The van der Waals surface area contributed by atoms with Crippen LogP contribution in [0.4, 0.5) is 0 Å². The average Bonchev–Trinajstić information content (AvgIpc) is 2.52. The fourth-order valence-electron chi connectivity index (χ4n) is 3.03. The van der Waals surface area contributed by atoms with Gasteiger partial charge >= 0.3 is 0 Å². The van der Waals surface area contributed by atoms with Crippen LogP contribution in [0.25, 0.3) is 0 Å². The van der Waals surface area contributed by atoms with E-state index in [9.17, 15) is 4.79 Å². The topological polar surface area (TPSA) is 41.1 Å². The van der Waals surface area contributed by atoms with Crippen LogP contribution in [0, 0.1) is 5.92 Å². The molecule has 3 nitrogen and oxygen atoms in total. The Bertz CT molecular complexity index is 250. The van der Waals surface area contributed by atoms with Crippen molar-refractivity contribution in [2.45, 2.75) is 84.0 Å². The van der Waals surface area contributed by atoms with Gasteiger partial charge < -0.3 is 10.6 Å². The van der Waals surface area contributed by atoms with Gasteiger partial charge in [0.15, 0.2) is 0 Å². The first-order valence-electron chi connectivity index (χ1n) is 9.30. The second-order valence-electron chi connectivity index (χ2n) is 6.58. The third-order valence-electron chi connectivity index (χ3n) is 4.55. The Morgan fingerprint density at radius 2 is 1.52 bits per heavy atom. The molecule has 1 amide bonds. The molecule has 0 bridgehead atoms. The lowest BCUT2D eigenvalue weighted by atomic mass is 9.98. The molecule has 1 aliphatic heterocycles. The number of nitrogens with one attached hydrogen (secondary N) is 2. The van der Waals surface area contributed by atoms with E-state index in [1.54, 1.807) is 0 Å². The second kappa shape index (κ2) is 13.1. The summed E-state index contributed by atoms with van der Waals surface area (Å²) >= 11 is 0. The molecule has 0 aromatic heterocycles. The van der Waals surface area contributed by atoms with Crippen molar-refractivity contribution < 1.29 is 4.79 Å². The normalized spacial score (nSPS) is 16.0. The first kappa shape index (κ1) is 18.5. The predicted octanol–water partition coefficient (Wildman–Crippen LogP) is 4.02. The number of amides is 1. The first-order valence-corrected chi connectivity index (χ1v) is 9.30. The van der Waals surface area contributed by atoms with Crippen LogP contribution in [0.15, 0.2) is 0 Å². The highest BCUT2D eigenvalue weighted by atomic mass is 16.1. The van der Waals surface area contributed by atoms with Gasteiger partial charge in [-0.05, 0) is 38.3 Å². The Morgan fingerprint density at radius 1 is 0.952 bits per heavy atom. The number of carbonyl (C=O) groups is 1. The van der Waals surface area contributed by atoms with Crippen LogP contribution in [0.3, 0.4) is 0 Å². The largest absolute Gasteiger partial charge is 0.356 e. The molecule has 0 unspecified atom stereocenters. The van der Waals surface area contributed by atoms with E-state index in [-0.39, 0.29) is 5.91 Å². The molecule has 124 valence electrons. The van der Waals surface area contributed by atoms with E-state index in [0.717, 1.165) is 32.5 Å². The SMILES string of the molecule is CCCCCCCCCCCC(=O)NCC1CCNCC1. The zero-order valence-electron chi connectivity index (χ0n) is 14.1. The van der Waals surface area contributed by atoms with Crippen LogP contribution in [0.1, 0.15) is 84.0 Å². The van der Waals surface area contributed by atoms with Gasteiger partial charge in [-0.1, -0.05) is 58.3 Å². The molecule has 0 atom stereocenters. The minimum Gasteiger partial charge on any atom is -0.356 e. The third-order valence-corrected chi connectivity index (χ3v) is 4.55. The second-order valence-corrected chi connectivity index (χ2v) is 6.58. The van der Waals surface area contributed by atoms with Gasteiger partial charge in [-0.3, -0.25) is 4.79 Å². The van der Waals surface area contributed by atoms with Gasteiger partial charge in [0.1, 0.15) is 0 Å². The summed E-state index contributed by atoms with van der Waals surface area (Å²) in [6.45, 7) is 5.37. The minimum absolute atomic E-state index is 0.261. The Balaban J connectivity index is 1.82. The fraction of sp³-hybridized carbons (Fsp3) is 0.944. The monoisotopic (exact) mass is 296 g/mol. The predicted molar refractivity (Wildman–Crippen MR) is 90.4 cm³/mol. The van der Waals surface area contributed by atoms with Gasteiger partial charge in [-0.15, -0.1) is 0 Å². The summed E-state index contributed by atoms with van der Waals surface area (Å²) in [7, 11) is 0. The van der Waals surface area contributed by atoms with Crippen molar-refractivity contribution in [1.82, 2.24) is 10.6 Å². The van der Waals surface area contributed by atoms with E-state index < -0.39 is 0 Å². The lowest BCUT2D eigenvalue weighted by molar-refractivity contribution is -0.121. The van der Waals surface area contributed by atoms with Gasteiger partial charge in [0, 0.05) is 13.0 Å². The van der Waals surface area contributed by atoms with Gasteiger partial charge in [0.2, 0.25) is 5.91 Å². The highest BCUT2D eigenvalue weighted by Gasteiger charge is 2.13. The van der Waals surface area contributed by atoms with Crippen LogP contribution in [-0.2, 0) is 4.79 Å². The molecule has 0 aliphatic carbocycles. The molecule has 0 radical (unpaired) electrons. The molecular formula is C18H36N2O. The Kier molecular flexibility index (Phi) is 11.5. The van der Waals surface area contributed by atoms with Crippen molar-refractivity contribution in [3.63, 3.8) is 0 Å². The van der Waals surface area contributed by atoms with Gasteiger partial charge in [0.25, 0.3) is 0 Å². The van der Waals surface area contributed by atoms with Crippen LogP contribution in [-0.4, -0.2) is 25.5 Å².